The van der Waals surface area contributed by atoms with Crippen molar-refractivity contribution < 1.29 is 118 Å². The van der Waals surface area contributed by atoms with Gasteiger partial charge in [-0.3, -0.25) is 19.4 Å². The van der Waals surface area contributed by atoms with Crippen LogP contribution in [0.15, 0.2) is 15.7 Å². The lowest BCUT2D eigenvalue weighted by atomic mass is 9.84. The molecule has 29 nitrogen and oxygen atoms in total. The molecule has 72 heavy (non-hydrogen) atoms. The Kier molecular flexibility index (Phi) is 22.0. The number of carboxylic acids is 1. The highest BCUT2D eigenvalue weighted by molar-refractivity contribution is 5.92. The van der Waals surface area contributed by atoms with E-state index in [0.717, 1.165) is 18.9 Å². The van der Waals surface area contributed by atoms with Gasteiger partial charge in [0.2, 0.25) is 5.79 Å². The molecule has 1 aromatic heterocycles. The zero-order chi connectivity index (χ0) is 53.2. The third-order valence-electron chi connectivity index (χ3n) is 13.1. The first-order valence-electron chi connectivity index (χ1n) is 23.6. The number of carboxylic acid groups (broad SMARTS) is 1. The molecule has 14 N–H and O–H groups in total. The lowest BCUT2D eigenvalue weighted by Crippen LogP contribution is -2.71. The summed E-state index contributed by atoms with van der Waals surface area (Å²) in [6.07, 6.45) is -31.0. The molecule has 1 amide bonds. The topological polar surface area (TPSA) is 458 Å². The van der Waals surface area contributed by atoms with Gasteiger partial charge in [0.25, 0.3) is 11.5 Å². The molecular weight excluding hydrogens is 974 g/mol. The summed E-state index contributed by atoms with van der Waals surface area (Å²) in [5, 5.41) is 134. The van der Waals surface area contributed by atoms with Gasteiger partial charge in [-0.25, -0.2) is 4.79 Å². The molecule has 0 saturated carbocycles. The van der Waals surface area contributed by atoms with Crippen molar-refractivity contribution in [3.63, 3.8) is 0 Å². The number of methoxy groups -OCH3 is 1. The van der Waals surface area contributed by atoms with Crippen molar-refractivity contribution in [3.8, 4) is 0 Å². The maximum Gasteiger partial charge on any atom is 0.326 e. The predicted molar refractivity (Wildman–Crippen MR) is 231 cm³/mol. The number of hydrogen-bond donors (Lipinski definition) is 14. The maximum absolute atomic E-state index is 13.9. The van der Waals surface area contributed by atoms with Gasteiger partial charge in [-0.05, 0) is 19.8 Å². The smallest absolute Gasteiger partial charge is 0.326 e. The van der Waals surface area contributed by atoms with Gasteiger partial charge in [0.1, 0.15) is 91.0 Å². The van der Waals surface area contributed by atoms with Crippen LogP contribution >= 0.6 is 0 Å². The number of aliphatic hydroxyl groups is 11. The van der Waals surface area contributed by atoms with Crippen molar-refractivity contribution >= 4 is 17.8 Å². The van der Waals surface area contributed by atoms with E-state index in [1.807, 2.05) is 4.98 Å². The van der Waals surface area contributed by atoms with Crippen molar-refractivity contribution in [1.82, 2.24) is 15.3 Å². The number of esters is 1. The molecule has 0 spiro atoms. The van der Waals surface area contributed by atoms with Gasteiger partial charge < -0.3 is 119 Å². The zero-order valence-corrected chi connectivity index (χ0v) is 39.7. The third-order valence-corrected chi connectivity index (χ3v) is 13.1. The van der Waals surface area contributed by atoms with Crippen LogP contribution in [-0.2, 0) is 52.2 Å². The quantitative estimate of drug-likeness (QED) is 0.0338. The van der Waals surface area contributed by atoms with Gasteiger partial charge in [0.05, 0.1) is 45.2 Å². The molecule has 21 atom stereocenters. The van der Waals surface area contributed by atoms with Gasteiger partial charge in [-0.2, -0.15) is 0 Å². The summed E-state index contributed by atoms with van der Waals surface area (Å²) in [5.41, 5.74) is -2.68. The highest BCUT2D eigenvalue weighted by Crippen LogP contribution is 2.40. The predicted octanol–water partition coefficient (Wildman–Crippen LogP) is -7.83. The highest BCUT2D eigenvalue weighted by Gasteiger charge is 2.58. The van der Waals surface area contributed by atoms with Crippen LogP contribution in [0.1, 0.15) is 75.7 Å². The molecule has 19 unspecified atom stereocenters. The van der Waals surface area contributed by atoms with Gasteiger partial charge in [-0.15, -0.1) is 0 Å². The average Bonchev–Trinajstić information content (AvgIpc) is 3.35. The van der Waals surface area contributed by atoms with Crippen LogP contribution in [0.3, 0.4) is 0 Å². The monoisotopic (exact) mass is 1040 g/mol. The Morgan fingerprint density at radius 2 is 1.42 bits per heavy atom. The van der Waals surface area contributed by atoms with Crippen molar-refractivity contribution in [1.29, 1.82) is 0 Å². The van der Waals surface area contributed by atoms with E-state index in [2.05, 4.69) is 15.0 Å². The summed E-state index contributed by atoms with van der Waals surface area (Å²) in [5.74, 6) is -7.98. The fourth-order valence-corrected chi connectivity index (χ4v) is 8.85. The number of carbonyl (C=O) groups excluding carboxylic acids is 3. The number of aromatic amines is 2. The van der Waals surface area contributed by atoms with Crippen LogP contribution in [0.25, 0.3) is 0 Å². The van der Waals surface area contributed by atoms with Gasteiger partial charge in [0.15, 0.2) is 18.9 Å². The largest absolute Gasteiger partial charge is 0.544 e. The summed E-state index contributed by atoms with van der Waals surface area (Å²) in [7, 11) is 1.30. The standard InChI is InChI=1S/C43H69N3O26/c1-17-20(50)13-43(41(61)62,71-33(17)28(55)21(51)14-47)72-36-29(56)22(15-48)67-40(32(36)59)69-34-23(16-49)68-38(65-11-9-7-5-4-6-8-10-25(53)64-3)26(46-37(60)19-12-24(52)45-42(63)44-19)35(34)70-39-31(58)30(57)27(54)18(2)66-39/h12,17-18,20-23,26-36,38-40,47-51,54-59H,4-11,13-16H2,1-3H3,(H,46,60)(H,61,62)(H2,44,45,52,63)/p-1/t17?,18?,20?,21-,22?,23?,26?,27?,28-,29?,30?,31?,32?,33?,34?,35?,36?,38?,39?,40?,43?/m1/s1. The summed E-state index contributed by atoms with van der Waals surface area (Å²) >= 11 is 0. The lowest BCUT2D eigenvalue weighted by Gasteiger charge is -2.52. The molecule has 5 heterocycles. The summed E-state index contributed by atoms with van der Waals surface area (Å²) in [4.78, 5) is 66.9. The molecule has 4 aliphatic rings. The minimum atomic E-state index is -3.14. The number of aromatic nitrogens is 2. The number of amides is 1. The van der Waals surface area contributed by atoms with Crippen molar-refractivity contribution in [3.05, 3.63) is 32.6 Å². The van der Waals surface area contributed by atoms with Crippen LogP contribution in [0.5, 0.6) is 0 Å². The molecule has 4 aliphatic heterocycles. The van der Waals surface area contributed by atoms with Crippen LogP contribution in [-0.4, -0.2) is 240 Å². The van der Waals surface area contributed by atoms with E-state index in [1.54, 1.807) is 0 Å². The Bertz CT molecular complexity index is 1990. The molecular formula is C43H68N3O26-. The minimum Gasteiger partial charge on any atom is -0.544 e. The SMILES string of the molecule is COC(=O)CCCCCCCCOC1OC(CO)C(OC2OC(CO)C(O)C(OC3(C(=O)[O-])CC(O)C(C)C([C@H](O)[C@H](O)CO)O3)C2O)C(OC2OC(C)C(O)C(O)C2O)C1NC(=O)c1cc(=O)[nH]c(=O)[nH]1. The maximum atomic E-state index is 13.9. The number of carbonyl (C=O) groups is 3. The highest BCUT2D eigenvalue weighted by atomic mass is 16.8. The normalized spacial score (nSPS) is 38.1. The molecule has 4 saturated heterocycles. The van der Waals surface area contributed by atoms with Crippen LogP contribution in [0.4, 0.5) is 0 Å². The van der Waals surface area contributed by atoms with E-state index >= 15 is 0 Å². The number of H-pyrrole nitrogens is 2. The number of aliphatic hydroxyl groups excluding tert-OH is 11. The molecule has 29 heteroatoms. The molecule has 0 bridgehead atoms. The van der Waals surface area contributed by atoms with E-state index < -0.39 is 183 Å². The first-order valence-corrected chi connectivity index (χ1v) is 23.6. The lowest BCUT2D eigenvalue weighted by molar-refractivity contribution is -0.414. The van der Waals surface area contributed by atoms with Crippen LogP contribution < -0.4 is 21.7 Å². The second kappa shape index (κ2) is 26.7. The fraction of sp³-hybridized carbons (Fsp3) is 0.837. The fourth-order valence-electron chi connectivity index (χ4n) is 8.85. The number of ether oxygens (including phenoxy) is 9. The number of aliphatic carboxylic acids is 1. The van der Waals surface area contributed by atoms with E-state index in [4.69, 9.17) is 37.9 Å². The first-order chi connectivity index (χ1) is 34.1. The van der Waals surface area contributed by atoms with E-state index in [0.29, 0.717) is 25.7 Å². The van der Waals surface area contributed by atoms with Gasteiger partial charge in [-0.1, -0.05) is 32.6 Å². The molecule has 0 aliphatic carbocycles. The summed E-state index contributed by atoms with van der Waals surface area (Å²) < 4.78 is 52.2. The Balaban J connectivity index is 1.51. The molecule has 1 aromatic rings. The van der Waals surface area contributed by atoms with Crippen molar-refractivity contribution in [2.45, 2.75) is 187 Å². The number of hydrogen-bond acceptors (Lipinski definition) is 26. The summed E-state index contributed by atoms with van der Waals surface area (Å²) in [6, 6.07) is -0.999. The molecule has 4 fully saturated rings. The van der Waals surface area contributed by atoms with E-state index in [1.165, 1.54) is 21.0 Å². The van der Waals surface area contributed by atoms with Crippen LogP contribution in [0.2, 0.25) is 0 Å². The second-order valence-corrected chi connectivity index (χ2v) is 18.2. The molecule has 0 radical (unpaired) electrons. The zero-order valence-electron chi connectivity index (χ0n) is 39.7. The first kappa shape index (κ1) is 59.2. The van der Waals surface area contributed by atoms with Crippen molar-refractivity contribution in [2.75, 3.05) is 33.5 Å². The number of rotatable bonds is 24. The minimum absolute atomic E-state index is 0.0892. The second-order valence-electron chi connectivity index (χ2n) is 18.2. The van der Waals surface area contributed by atoms with Gasteiger partial charge in [0, 0.05) is 31.4 Å². The Hall–Kier alpha value is -3.67. The average molecular weight is 1040 g/mol. The van der Waals surface area contributed by atoms with Crippen molar-refractivity contribution in [2.24, 2.45) is 5.92 Å². The van der Waals surface area contributed by atoms with Crippen LogP contribution in [0, 0.1) is 5.92 Å². The van der Waals surface area contributed by atoms with E-state index in [-0.39, 0.29) is 19.0 Å². The third kappa shape index (κ3) is 14.2. The molecule has 412 valence electrons. The Morgan fingerprint density at radius 1 is 0.792 bits per heavy atom. The molecule has 0 aromatic carbocycles. The molecule has 5 rings (SSSR count). The Labute approximate surface area is 410 Å². The summed E-state index contributed by atoms with van der Waals surface area (Å²) in [6.45, 7) is -0.567. The van der Waals surface area contributed by atoms with E-state index in [9.17, 15) is 85.3 Å². The number of unbranched alkanes of at least 4 members (excludes halogenated alkanes) is 5. The number of nitrogens with one attached hydrogen (secondary N) is 3. The van der Waals surface area contributed by atoms with Gasteiger partial charge >= 0.3 is 11.7 Å². The Morgan fingerprint density at radius 3 is 2.04 bits per heavy atom.